The van der Waals surface area contributed by atoms with Crippen LogP contribution in [0.2, 0.25) is 0 Å². The number of carbonyl (C=O) groups is 2. The molecular formula is C27H38N2O3. The highest BCUT2D eigenvalue weighted by molar-refractivity contribution is 5.87. The minimum Gasteiger partial charge on any atom is -0.497 e. The lowest BCUT2D eigenvalue weighted by atomic mass is 9.86. The van der Waals surface area contributed by atoms with Gasteiger partial charge in [0, 0.05) is 19.5 Å². The summed E-state index contributed by atoms with van der Waals surface area (Å²) in [5.74, 6) is 0.603. The summed E-state index contributed by atoms with van der Waals surface area (Å²) in [6.07, 6.45) is 1.56. The first-order chi connectivity index (χ1) is 15.2. The van der Waals surface area contributed by atoms with Crippen molar-refractivity contribution in [3.8, 4) is 5.75 Å². The third-order valence-electron chi connectivity index (χ3n) is 5.67. The summed E-state index contributed by atoms with van der Waals surface area (Å²) in [5.41, 5.74) is 3.44. The number of benzene rings is 2. The third kappa shape index (κ3) is 7.11. The van der Waals surface area contributed by atoms with Crippen LogP contribution in [0.25, 0.3) is 0 Å². The van der Waals surface area contributed by atoms with Crippen molar-refractivity contribution in [2.45, 2.75) is 71.9 Å². The van der Waals surface area contributed by atoms with Gasteiger partial charge in [-0.05, 0) is 54.0 Å². The van der Waals surface area contributed by atoms with Crippen molar-refractivity contribution >= 4 is 11.8 Å². The van der Waals surface area contributed by atoms with Gasteiger partial charge in [0.25, 0.3) is 0 Å². The summed E-state index contributed by atoms with van der Waals surface area (Å²) in [7, 11) is 1.62. The summed E-state index contributed by atoms with van der Waals surface area (Å²) in [5, 5.41) is 2.88. The summed E-state index contributed by atoms with van der Waals surface area (Å²) in [6.45, 7) is 11.3. The van der Waals surface area contributed by atoms with Crippen LogP contribution in [0.15, 0.2) is 48.5 Å². The maximum atomic E-state index is 13.3. The standard InChI is InChI=1S/C27H38N2O3/c1-7-24(26(31)28-8-2)29(19-21-10-9-11-23(18-21)32-6)25(30)17-14-20-12-15-22(16-13-20)27(3,4)5/h9-13,15-16,18,24H,7-8,14,17,19H2,1-6H3,(H,28,31)/t24-/m0/s1. The molecule has 0 bridgehead atoms. The summed E-state index contributed by atoms with van der Waals surface area (Å²) >= 11 is 0. The molecule has 5 nitrogen and oxygen atoms in total. The second kappa shape index (κ2) is 11.7. The maximum Gasteiger partial charge on any atom is 0.242 e. The normalized spacial score (nSPS) is 12.2. The van der Waals surface area contributed by atoms with E-state index in [0.29, 0.717) is 32.4 Å². The lowest BCUT2D eigenvalue weighted by Gasteiger charge is -2.30. The lowest BCUT2D eigenvalue weighted by molar-refractivity contribution is -0.141. The number of carbonyl (C=O) groups excluding carboxylic acids is 2. The highest BCUT2D eigenvalue weighted by atomic mass is 16.5. The molecule has 0 aliphatic carbocycles. The average molecular weight is 439 g/mol. The SMILES string of the molecule is CCNC(=O)[C@H](CC)N(Cc1cccc(OC)c1)C(=O)CCc1ccc(C(C)(C)C)cc1. The van der Waals surface area contributed by atoms with Gasteiger partial charge in [0.05, 0.1) is 7.11 Å². The van der Waals surface area contributed by atoms with Crippen LogP contribution in [-0.4, -0.2) is 36.4 Å². The molecule has 0 saturated heterocycles. The summed E-state index contributed by atoms with van der Waals surface area (Å²) in [6, 6.07) is 15.6. The van der Waals surface area contributed by atoms with Crippen molar-refractivity contribution in [1.82, 2.24) is 10.2 Å². The molecule has 174 valence electrons. The minimum absolute atomic E-state index is 0.0224. The van der Waals surface area contributed by atoms with Crippen LogP contribution >= 0.6 is 0 Å². The van der Waals surface area contributed by atoms with Gasteiger partial charge in [-0.25, -0.2) is 0 Å². The zero-order chi connectivity index (χ0) is 23.7. The fraction of sp³-hybridized carbons (Fsp3) is 0.481. The Morgan fingerprint density at radius 2 is 1.72 bits per heavy atom. The molecule has 2 aromatic carbocycles. The topological polar surface area (TPSA) is 58.6 Å². The Morgan fingerprint density at radius 3 is 2.28 bits per heavy atom. The molecule has 0 aliphatic heterocycles. The van der Waals surface area contributed by atoms with Gasteiger partial charge in [-0.3, -0.25) is 9.59 Å². The number of nitrogens with one attached hydrogen (secondary N) is 1. The Bertz CT molecular complexity index is 885. The largest absolute Gasteiger partial charge is 0.497 e. The summed E-state index contributed by atoms with van der Waals surface area (Å²) in [4.78, 5) is 27.7. The lowest BCUT2D eigenvalue weighted by Crippen LogP contribution is -2.49. The molecule has 1 N–H and O–H groups in total. The van der Waals surface area contributed by atoms with Gasteiger partial charge < -0.3 is 15.0 Å². The van der Waals surface area contributed by atoms with Gasteiger partial charge in [0.2, 0.25) is 11.8 Å². The van der Waals surface area contributed by atoms with Crippen LogP contribution in [0.1, 0.15) is 64.2 Å². The number of likely N-dealkylation sites (N-methyl/N-ethyl adjacent to an activating group) is 1. The van der Waals surface area contributed by atoms with Crippen molar-refractivity contribution in [3.63, 3.8) is 0 Å². The van der Waals surface area contributed by atoms with Crippen molar-refractivity contribution < 1.29 is 14.3 Å². The van der Waals surface area contributed by atoms with Gasteiger partial charge in [0.1, 0.15) is 11.8 Å². The molecule has 0 fully saturated rings. The molecule has 0 heterocycles. The van der Waals surface area contributed by atoms with Gasteiger partial charge in [-0.2, -0.15) is 0 Å². The van der Waals surface area contributed by atoms with Crippen molar-refractivity contribution in [3.05, 3.63) is 65.2 Å². The van der Waals surface area contributed by atoms with E-state index in [4.69, 9.17) is 4.74 Å². The predicted octanol–water partition coefficient (Wildman–Crippen LogP) is 4.87. The molecule has 0 spiro atoms. The fourth-order valence-electron chi connectivity index (χ4n) is 3.75. The molecule has 32 heavy (non-hydrogen) atoms. The van der Waals surface area contributed by atoms with Crippen LogP contribution < -0.4 is 10.1 Å². The van der Waals surface area contributed by atoms with Crippen LogP contribution in [0, 0.1) is 0 Å². The molecule has 2 amide bonds. The Labute approximate surface area is 193 Å². The molecule has 0 saturated carbocycles. The van der Waals surface area contributed by atoms with Crippen LogP contribution in [0.3, 0.4) is 0 Å². The van der Waals surface area contributed by atoms with Crippen LogP contribution in [0.4, 0.5) is 0 Å². The highest BCUT2D eigenvalue weighted by Crippen LogP contribution is 2.23. The van der Waals surface area contributed by atoms with E-state index in [0.717, 1.165) is 16.9 Å². The smallest absolute Gasteiger partial charge is 0.242 e. The Balaban J connectivity index is 2.19. The molecule has 5 heteroatoms. The molecule has 0 aliphatic rings. The first kappa shape index (κ1) is 25.4. The molecule has 1 atom stereocenters. The van der Waals surface area contributed by atoms with Gasteiger partial charge in [0.15, 0.2) is 0 Å². The minimum atomic E-state index is -0.503. The zero-order valence-electron chi connectivity index (χ0n) is 20.4. The van der Waals surface area contributed by atoms with Crippen LogP contribution in [-0.2, 0) is 28.0 Å². The van der Waals surface area contributed by atoms with Crippen molar-refractivity contribution in [2.24, 2.45) is 0 Å². The molecule has 0 unspecified atom stereocenters. The molecule has 0 aromatic heterocycles. The number of ether oxygens (including phenoxy) is 1. The van der Waals surface area contributed by atoms with E-state index in [9.17, 15) is 9.59 Å². The number of hydrogen-bond donors (Lipinski definition) is 1. The molecule has 2 rings (SSSR count). The summed E-state index contributed by atoms with van der Waals surface area (Å²) < 4.78 is 5.33. The quantitative estimate of drug-likeness (QED) is 0.576. The van der Waals surface area contributed by atoms with Crippen LogP contribution in [0.5, 0.6) is 5.75 Å². The number of rotatable bonds is 10. The molecular weight excluding hydrogens is 400 g/mol. The van der Waals surface area contributed by atoms with E-state index in [1.807, 2.05) is 38.1 Å². The predicted molar refractivity (Wildman–Crippen MR) is 130 cm³/mol. The molecule has 0 radical (unpaired) electrons. The second-order valence-electron chi connectivity index (χ2n) is 9.14. The monoisotopic (exact) mass is 438 g/mol. The van der Waals surface area contributed by atoms with E-state index in [-0.39, 0.29) is 17.2 Å². The number of methoxy groups -OCH3 is 1. The van der Waals surface area contributed by atoms with E-state index in [1.54, 1.807) is 12.0 Å². The third-order valence-corrected chi connectivity index (χ3v) is 5.67. The van der Waals surface area contributed by atoms with E-state index in [1.165, 1.54) is 5.56 Å². The number of nitrogens with zero attached hydrogens (tertiary/aromatic N) is 1. The highest BCUT2D eigenvalue weighted by Gasteiger charge is 2.28. The average Bonchev–Trinajstić information content (AvgIpc) is 2.77. The van der Waals surface area contributed by atoms with E-state index in [2.05, 4.69) is 50.4 Å². The molecule has 2 aromatic rings. The van der Waals surface area contributed by atoms with E-state index < -0.39 is 6.04 Å². The van der Waals surface area contributed by atoms with Gasteiger partial charge in [-0.1, -0.05) is 64.1 Å². The first-order valence-electron chi connectivity index (χ1n) is 11.5. The fourth-order valence-corrected chi connectivity index (χ4v) is 3.75. The Kier molecular flexibility index (Phi) is 9.30. The van der Waals surface area contributed by atoms with Gasteiger partial charge in [-0.15, -0.1) is 0 Å². The van der Waals surface area contributed by atoms with Crippen molar-refractivity contribution in [2.75, 3.05) is 13.7 Å². The first-order valence-corrected chi connectivity index (χ1v) is 11.5. The Hall–Kier alpha value is -2.82. The maximum absolute atomic E-state index is 13.3. The number of amides is 2. The second-order valence-corrected chi connectivity index (χ2v) is 9.14. The number of aryl methyl sites for hydroxylation is 1. The van der Waals surface area contributed by atoms with E-state index >= 15 is 0 Å². The Morgan fingerprint density at radius 1 is 1.03 bits per heavy atom. The number of hydrogen-bond acceptors (Lipinski definition) is 3. The zero-order valence-corrected chi connectivity index (χ0v) is 20.4. The van der Waals surface area contributed by atoms with Crippen molar-refractivity contribution in [1.29, 1.82) is 0 Å². The van der Waals surface area contributed by atoms with Gasteiger partial charge >= 0.3 is 0 Å².